The van der Waals surface area contributed by atoms with Gasteiger partial charge in [-0.3, -0.25) is 0 Å². The molecule has 0 spiro atoms. The fraction of sp³-hybridized carbons (Fsp3) is 0.778. The summed E-state index contributed by atoms with van der Waals surface area (Å²) in [5, 5.41) is 8.59. The van der Waals surface area contributed by atoms with Crippen LogP contribution in [0.5, 0.6) is 0 Å². The molecule has 0 radical (unpaired) electrons. The van der Waals surface area contributed by atoms with Crippen LogP contribution in [0.1, 0.15) is 32.1 Å². The SMILES string of the molecule is N#CC1CCC(CCC=O)C1. The number of carbonyl (C=O) groups is 1. The Labute approximate surface area is 67.2 Å². The molecule has 0 aromatic carbocycles. The van der Waals surface area contributed by atoms with Gasteiger partial charge in [-0.25, -0.2) is 0 Å². The van der Waals surface area contributed by atoms with Gasteiger partial charge in [0.15, 0.2) is 0 Å². The molecular formula is C9H13NO. The zero-order valence-electron chi connectivity index (χ0n) is 6.62. The lowest BCUT2D eigenvalue weighted by atomic mass is 10.0. The Hall–Kier alpha value is -0.840. The normalized spacial score (nSPS) is 29.7. The number of hydrogen-bond donors (Lipinski definition) is 0. The first-order valence-corrected chi connectivity index (χ1v) is 4.20. The minimum Gasteiger partial charge on any atom is -0.303 e. The van der Waals surface area contributed by atoms with E-state index in [1.165, 1.54) is 0 Å². The van der Waals surface area contributed by atoms with Crippen LogP contribution in [-0.2, 0) is 4.79 Å². The maximum absolute atomic E-state index is 10.0. The molecule has 0 aromatic heterocycles. The molecule has 2 nitrogen and oxygen atoms in total. The van der Waals surface area contributed by atoms with E-state index in [2.05, 4.69) is 6.07 Å². The van der Waals surface area contributed by atoms with Gasteiger partial charge in [-0.15, -0.1) is 0 Å². The van der Waals surface area contributed by atoms with E-state index in [1.54, 1.807) is 0 Å². The first-order valence-electron chi connectivity index (χ1n) is 4.20. The average molecular weight is 151 g/mol. The average Bonchev–Trinajstić information content (AvgIpc) is 2.48. The zero-order chi connectivity index (χ0) is 8.10. The minimum atomic E-state index is 0.270. The molecule has 60 valence electrons. The Balaban J connectivity index is 2.20. The van der Waals surface area contributed by atoms with Gasteiger partial charge in [-0.2, -0.15) is 5.26 Å². The second-order valence-corrected chi connectivity index (χ2v) is 3.25. The van der Waals surface area contributed by atoms with Gasteiger partial charge < -0.3 is 4.79 Å². The highest BCUT2D eigenvalue weighted by Crippen LogP contribution is 2.32. The van der Waals surface area contributed by atoms with Gasteiger partial charge in [0.05, 0.1) is 6.07 Å². The molecule has 2 unspecified atom stereocenters. The Morgan fingerprint density at radius 1 is 1.55 bits per heavy atom. The topological polar surface area (TPSA) is 40.9 Å². The predicted molar refractivity (Wildman–Crippen MR) is 41.7 cm³/mol. The molecule has 0 N–H and O–H groups in total. The van der Waals surface area contributed by atoms with Crippen molar-refractivity contribution >= 4 is 6.29 Å². The summed E-state index contributed by atoms with van der Waals surface area (Å²) >= 11 is 0. The smallest absolute Gasteiger partial charge is 0.120 e. The summed E-state index contributed by atoms with van der Waals surface area (Å²) in [4.78, 5) is 10.0. The fourth-order valence-corrected chi connectivity index (χ4v) is 1.76. The quantitative estimate of drug-likeness (QED) is 0.578. The van der Waals surface area contributed by atoms with Crippen molar-refractivity contribution in [1.82, 2.24) is 0 Å². The molecular weight excluding hydrogens is 138 g/mol. The van der Waals surface area contributed by atoms with Crippen LogP contribution < -0.4 is 0 Å². The maximum Gasteiger partial charge on any atom is 0.120 e. The van der Waals surface area contributed by atoms with Crippen molar-refractivity contribution in [3.05, 3.63) is 0 Å². The molecule has 2 atom stereocenters. The molecule has 1 saturated carbocycles. The van der Waals surface area contributed by atoms with Crippen molar-refractivity contribution in [2.45, 2.75) is 32.1 Å². The molecule has 2 heteroatoms. The Kier molecular flexibility index (Phi) is 3.10. The van der Waals surface area contributed by atoms with Crippen LogP contribution in [0.4, 0.5) is 0 Å². The van der Waals surface area contributed by atoms with Crippen LogP contribution in [0.25, 0.3) is 0 Å². The first-order chi connectivity index (χ1) is 5.36. The number of hydrogen-bond acceptors (Lipinski definition) is 2. The zero-order valence-corrected chi connectivity index (χ0v) is 6.62. The molecule has 0 aromatic rings. The van der Waals surface area contributed by atoms with E-state index in [4.69, 9.17) is 5.26 Å². The van der Waals surface area contributed by atoms with Crippen molar-refractivity contribution < 1.29 is 4.79 Å². The molecule has 0 aliphatic heterocycles. The van der Waals surface area contributed by atoms with Crippen LogP contribution in [0.15, 0.2) is 0 Å². The maximum atomic E-state index is 10.0. The van der Waals surface area contributed by atoms with E-state index in [1.807, 2.05) is 0 Å². The standard InChI is InChI=1S/C9H13NO/c10-7-9-4-3-8(6-9)2-1-5-11/h5,8-9H,1-4,6H2. The Bertz CT molecular complexity index is 171. The van der Waals surface area contributed by atoms with E-state index < -0.39 is 0 Å². The molecule has 0 amide bonds. The number of rotatable bonds is 3. The molecule has 0 heterocycles. The molecule has 1 fully saturated rings. The third-order valence-electron chi connectivity index (χ3n) is 2.42. The predicted octanol–water partition coefficient (Wildman–Crippen LogP) is 1.91. The van der Waals surface area contributed by atoms with Crippen molar-refractivity contribution in [1.29, 1.82) is 5.26 Å². The number of nitriles is 1. The lowest BCUT2D eigenvalue weighted by molar-refractivity contribution is -0.108. The largest absolute Gasteiger partial charge is 0.303 e. The van der Waals surface area contributed by atoms with Gasteiger partial charge in [0.25, 0.3) is 0 Å². The van der Waals surface area contributed by atoms with E-state index in [9.17, 15) is 4.79 Å². The lowest BCUT2D eigenvalue weighted by Gasteiger charge is -2.03. The van der Waals surface area contributed by atoms with Crippen LogP contribution in [-0.4, -0.2) is 6.29 Å². The van der Waals surface area contributed by atoms with Crippen LogP contribution >= 0.6 is 0 Å². The van der Waals surface area contributed by atoms with Crippen LogP contribution in [0.3, 0.4) is 0 Å². The summed E-state index contributed by atoms with van der Waals surface area (Å²) in [6.45, 7) is 0. The third-order valence-corrected chi connectivity index (χ3v) is 2.42. The minimum absolute atomic E-state index is 0.270. The van der Waals surface area contributed by atoms with E-state index in [0.717, 1.165) is 32.0 Å². The molecule has 1 aliphatic carbocycles. The third kappa shape index (κ3) is 2.34. The molecule has 1 rings (SSSR count). The number of carbonyl (C=O) groups excluding carboxylic acids is 1. The second kappa shape index (κ2) is 4.12. The summed E-state index contributed by atoms with van der Waals surface area (Å²) < 4.78 is 0. The Morgan fingerprint density at radius 3 is 2.91 bits per heavy atom. The van der Waals surface area contributed by atoms with Crippen molar-refractivity contribution in [2.75, 3.05) is 0 Å². The molecule has 0 bridgehead atoms. The number of nitrogens with zero attached hydrogens (tertiary/aromatic N) is 1. The summed E-state index contributed by atoms with van der Waals surface area (Å²) in [5.74, 6) is 0.913. The monoisotopic (exact) mass is 151 g/mol. The van der Waals surface area contributed by atoms with Gasteiger partial charge in [0, 0.05) is 12.3 Å². The summed E-state index contributed by atoms with van der Waals surface area (Å²) in [6, 6.07) is 2.28. The van der Waals surface area contributed by atoms with Gasteiger partial charge >= 0.3 is 0 Å². The van der Waals surface area contributed by atoms with Crippen LogP contribution in [0, 0.1) is 23.2 Å². The second-order valence-electron chi connectivity index (χ2n) is 3.25. The fourth-order valence-electron chi connectivity index (χ4n) is 1.76. The van der Waals surface area contributed by atoms with E-state index >= 15 is 0 Å². The lowest BCUT2D eigenvalue weighted by Crippen LogP contribution is -1.95. The van der Waals surface area contributed by atoms with Gasteiger partial charge in [-0.1, -0.05) is 0 Å². The molecule has 11 heavy (non-hydrogen) atoms. The number of aldehydes is 1. The van der Waals surface area contributed by atoms with Crippen LogP contribution in [0.2, 0.25) is 0 Å². The van der Waals surface area contributed by atoms with Gasteiger partial charge in [0.1, 0.15) is 6.29 Å². The summed E-state index contributed by atoms with van der Waals surface area (Å²) in [5.41, 5.74) is 0. The Morgan fingerprint density at radius 2 is 2.36 bits per heavy atom. The highest BCUT2D eigenvalue weighted by Gasteiger charge is 2.23. The summed E-state index contributed by atoms with van der Waals surface area (Å²) in [6.07, 6.45) is 5.83. The van der Waals surface area contributed by atoms with E-state index in [-0.39, 0.29) is 5.92 Å². The highest BCUT2D eigenvalue weighted by atomic mass is 16.1. The first kappa shape index (κ1) is 8.26. The van der Waals surface area contributed by atoms with Crippen molar-refractivity contribution in [3.8, 4) is 6.07 Å². The van der Waals surface area contributed by atoms with Gasteiger partial charge in [0.2, 0.25) is 0 Å². The van der Waals surface area contributed by atoms with E-state index in [0.29, 0.717) is 12.3 Å². The highest BCUT2D eigenvalue weighted by molar-refractivity contribution is 5.49. The van der Waals surface area contributed by atoms with Crippen molar-refractivity contribution in [2.24, 2.45) is 11.8 Å². The van der Waals surface area contributed by atoms with Gasteiger partial charge in [-0.05, 0) is 31.6 Å². The summed E-state index contributed by atoms with van der Waals surface area (Å²) in [7, 11) is 0. The van der Waals surface area contributed by atoms with Crippen molar-refractivity contribution in [3.63, 3.8) is 0 Å². The molecule has 0 saturated heterocycles. The molecule has 1 aliphatic rings.